The summed E-state index contributed by atoms with van der Waals surface area (Å²) in [6, 6.07) is 7.55. The second-order valence-corrected chi connectivity index (χ2v) is 7.44. The average Bonchev–Trinajstić information content (AvgIpc) is 2.42. The van der Waals surface area contributed by atoms with E-state index in [1.807, 2.05) is 25.1 Å². The Morgan fingerprint density at radius 2 is 1.96 bits per heavy atom. The van der Waals surface area contributed by atoms with Gasteiger partial charge in [-0.15, -0.1) is 0 Å². The fraction of sp³-hybridized carbons (Fsp3) is 0.526. The van der Waals surface area contributed by atoms with E-state index >= 15 is 0 Å². The third-order valence-corrected chi connectivity index (χ3v) is 3.71. The van der Waals surface area contributed by atoms with Crippen LogP contribution in [0.4, 0.5) is 0 Å². The molecule has 1 aromatic heterocycles. The maximum Gasteiger partial charge on any atom is 0.336 e. The number of hydrogen-bond acceptors (Lipinski definition) is 4. The summed E-state index contributed by atoms with van der Waals surface area (Å²) in [5.74, 6) is 0. The van der Waals surface area contributed by atoms with Crippen LogP contribution in [0.5, 0.6) is 0 Å². The van der Waals surface area contributed by atoms with Crippen LogP contribution in [0.2, 0.25) is 0 Å². The van der Waals surface area contributed by atoms with Crippen molar-refractivity contribution in [2.45, 2.75) is 40.7 Å². The van der Waals surface area contributed by atoms with Crippen molar-refractivity contribution in [3.63, 3.8) is 0 Å². The highest BCUT2D eigenvalue weighted by atomic mass is 16.4. The second kappa shape index (κ2) is 7.28. The normalized spacial score (nSPS) is 12.3. The molecule has 0 aliphatic rings. The molecule has 4 nitrogen and oxygen atoms in total. The molecule has 4 heteroatoms. The quantitative estimate of drug-likeness (QED) is 0.830. The van der Waals surface area contributed by atoms with Crippen LogP contribution in [0.1, 0.15) is 38.3 Å². The van der Waals surface area contributed by atoms with E-state index in [0.717, 1.165) is 36.0 Å². The van der Waals surface area contributed by atoms with Gasteiger partial charge in [-0.2, -0.15) is 0 Å². The van der Waals surface area contributed by atoms with E-state index in [1.165, 1.54) is 0 Å². The van der Waals surface area contributed by atoms with Crippen molar-refractivity contribution in [1.29, 1.82) is 0 Å². The third-order valence-electron chi connectivity index (χ3n) is 3.71. The molecule has 0 atom stereocenters. The van der Waals surface area contributed by atoms with Gasteiger partial charge in [-0.3, -0.25) is 4.90 Å². The van der Waals surface area contributed by atoms with Gasteiger partial charge in [0.15, 0.2) is 0 Å². The van der Waals surface area contributed by atoms with Gasteiger partial charge in [-0.05, 0) is 36.0 Å². The minimum Gasteiger partial charge on any atom is -0.423 e. The largest absolute Gasteiger partial charge is 0.423 e. The minimum absolute atomic E-state index is 0.154. The maximum atomic E-state index is 11.9. The lowest BCUT2D eigenvalue weighted by Crippen LogP contribution is -2.33. The molecule has 0 saturated carbocycles. The monoisotopic (exact) mass is 317 g/mol. The second-order valence-electron chi connectivity index (χ2n) is 7.44. The zero-order chi connectivity index (χ0) is 17.0. The molecule has 0 radical (unpaired) electrons. The number of hydrogen-bond donors (Lipinski definition) is 1. The topological polar surface area (TPSA) is 53.7 Å². The Hall–Kier alpha value is -1.65. The predicted octanol–water partition coefficient (Wildman–Crippen LogP) is 3.33. The zero-order valence-corrected chi connectivity index (χ0v) is 14.6. The molecule has 0 saturated heterocycles. The Kier molecular flexibility index (Phi) is 5.60. The van der Waals surface area contributed by atoms with Crippen molar-refractivity contribution in [1.82, 2.24) is 4.90 Å². The van der Waals surface area contributed by atoms with Gasteiger partial charge in [0.25, 0.3) is 0 Å². The van der Waals surface area contributed by atoms with Gasteiger partial charge in [0.05, 0.1) is 0 Å². The third kappa shape index (κ3) is 5.19. The summed E-state index contributed by atoms with van der Waals surface area (Å²) in [6.45, 7) is 11.1. The first kappa shape index (κ1) is 17.7. The Balaban J connectivity index is 2.35. The van der Waals surface area contributed by atoms with Gasteiger partial charge in [0, 0.05) is 37.7 Å². The van der Waals surface area contributed by atoms with Gasteiger partial charge in [-0.25, -0.2) is 4.79 Å². The SMILES string of the molecule is Cc1ccc2c(CN(CCCO)CC(C)(C)C)cc(=O)oc2c1. The predicted molar refractivity (Wildman–Crippen MR) is 93.7 cm³/mol. The minimum atomic E-state index is -0.309. The molecule has 1 aromatic carbocycles. The summed E-state index contributed by atoms with van der Waals surface area (Å²) in [6.07, 6.45) is 0.731. The van der Waals surface area contributed by atoms with Gasteiger partial charge in [-0.1, -0.05) is 32.9 Å². The van der Waals surface area contributed by atoms with Gasteiger partial charge in [0.2, 0.25) is 0 Å². The Bertz CT molecular complexity index is 713. The number of rotatable bonds is 6. The standard InChI is InChI=1S/C19H27NO3/c1-14-6-7-16-15(11-18(22)23-17(16)10-14)12-20(8-5-9-21)13-19(2,3)4/h6-7,10-11,21H,5,8-9,12-13H2,1-4H3. The van der Waals surface area contributed by atoms with E-state index in [1.54, 1.807) is 6.07 Å². The van der Waals surface area contributed by atoms with Crippen LogP contribution >= 0.6 is 0 Å². The molecule has 0 aliphatic carbocycles. The van der Waals surface area contributed by atoms with E-state index in [0.29, 0.717) is 12.1 Å². The molecule has 0 fully saturated rings. The van der Waals surface area contributed by atoms with Gasteiger partial charge in [0.1, 0.15) is 5.58 Å². The highest BCUT2D eigenvalue weighted by Crippen LogP contribution is 2.22. The molecule has 1 N–H and O–H groups in total. The molecule has 0 spiro atoms. The highest BCUT2D eigenvalue weighted by Gasteiger charge is 2.18. The van der Waals surface area contributed by atoms with Crippen molar-refractivity contribution in [3.8, 4) is 0 Å². The average molecular weight is 317 g/mol. The van der Waals surface area contributed by atoms with Crippen molar-refractivity contribution in [2.24, 2.45) is 5.41 Å². The van der Waals surface area contributed by atoms with Crippen LogP contribution in [0, 0.1) is 12.3 Å². The van der Waals surface area contributed by atoms with E-state index in [9.17, 15) is 4.79 Å². The summed E-state index contributed by atoms with van der Waals surface area (Å²) in [4.78, 5) is 14.2. The molecular formula is C19H27NO3. The lowest BCUT2D eigenvalue weighted by atomic mass is 9.95. The molecule has 126 valence electrons. The molecular weight excluding hydrogens is 290 g/mol. The maximum absolute atomic E-state index is 11.9. The first-order valence-corrected chi connectivity index (χ1v) is 8.15. The Labute approximate surface area is 137 Å². The lowest BCUT2D eigenvalue weighted by molar-refractivity contribution is 0.166. The smallest absolute Gasteiger partial charge is 0.336 e. The lowest BCUT2D eigenvalue weighted by Gasteiger charge is -2.30. The van der Waals surface area contributed by atoms with Gasteiger partial charge < -0.3 is 9.52 Å². The highest BCUT2D eigenvalue weighted by molar-refractivity contribution is 5.80. The van der Waals surface area contributed by atoms with E-state index in [2.05, 4.69) is 25.7 Å². The molecule has 0 aliphatic heterocycles. The zero-order valence-electron chi connectivity index (χ0n) is 14.6. The van der Waals surface area contributed by atoms with E-state index in [4.69, 9.17) is 9.52 Å². The summed E-state index contributed by atoms with van der Waals surface area (Å²) < 4.78 is 5.33. The fourth-order valence-corrected chi connectivity index (χ4v) is 2.89. The number of benzene rings is 1. The summed E-state index contributed by atoms with van der Waals surface area (Å²) >= 11 is 0. The van der Waals surface area contributed by atoms with Crippen LogP contribution in [-0.2, 0) is 6.54 Å². The molecule has 2 rings (SSSR count). The Morgan fingerprint density at radius 1 is 1.22 bits per heavy atom. The molecule has 2 aromatic rings. The summed E-state index contributed by atoms with van der Waals surface area (Å²) in [5, 5.41) is 10.1. The Morgan fingerprint density at radius 3 is 2.61 bits per heavy atom. The fourth-order valence-electron chi connectivity index (χ4n) is 2.89. The number of fused-ring (bicyclic) bond motifs is 1. The van der Waals surface area contributed by atoms with Crippen LogP contribution in [-0.4, -0.2) is 29.7 Å². The first-order chi connectivity index (χ1) is 10.8. The summed E-state index contributed by atoms with van der Waals surface area (Å²) in [5.41, 5.74) is 2.55. The molecule has 0 bridgehead atoms. The molecule has 23 heavy (non-hydrogen) atoms. The van der Waals surface area contributed by atoms with Crippen molar-refractivity contribution >= 4 is 11.0 Å². The molecule has 1 heterocycles. The summed E-state index contributed by atoms with van der Waals surface area (Å²) in [7, 11) is 0. The molecule has 0 amide bonds. The number of aryl methyl sites for hydroxylation is 1. The van der Waals surface area contributed by atoms with E-state index in [-0.39, 0.29) is 17.6 Å². The van der Waals surface area contributed by atoms with Crippen molar-refractivity contribution in [2.75, 3.05) is 19.7 Å². The van der Waals surface area contributed by atoms with Crippen molar-refractivity contribution < 1.29 is 9.52 Å². The first-order valence-electron chi connectivity index (χ1n) is 8.15. The number of aliphatic hydroxyl groups excluding tert-OH is 1. The van der Waals surface area contributed by atoms with E-state index < -0.39 is 0 Å². The van der Waals surface area contributed by atoms with Gasteiger partial charge >= 0.3 is 5.63 Å². The van der Waals surface area contributed by atoms with Crippen molar-refractivity contribution in [3.05, 3.63) is 45.8 Å². The van der Waals surface area contributed by atoms with Crippen LogP contribution in [0.25, 0.3) is 11.0 Å². The number of nitrogens with zero attached hydrogens (tertiary/aromatic N) is 1. The molecule has 0 unspecified atom stereocenters. The van der Waals surface area contributed by atoms with Crippen LogP contribution < -0.4 is 5.63 Å². The number of aliphatic hydroxyl groups is 1. The van der Waals surface area contributed by atoms with Crippen LogP contribution in [0.15, 0.2) is 33.5 Å². The van der Waals surface area contributed by atoms with Crippen LogP contribution in [0.3, 0.4) is 0 Å².